The lowest BCUT2D eigenvalue weighted by atomic mass is 10.1. The highest BCUT2D eigenvalue weighted by molar-refractivity contribution is 7.13. The molecule has 0 spiro atoms. The number of aromatic nitrogens is 2. The highest BCUT2D eigenvalue weighted by atomic mass is 32.1. The molecule has 106 valence electrons. The van der Waals surface area contributed by atoms with E-state index in [2.05, 4.69) is 21.9 Å². The van der Waals surface area contributed by atoms with Gasteiger partial charge in [0.1, 0.15) is 0 Å². The van der Waals surface area contributed by atoms with Gasteiger partial charge in [-0.15, -0.1) is 11.3 Å². The fourth-order valence-electron chi connectivity index (χ4n) is 2.51. The molecule has 3 heterocycles. The van der Waals surface area contributed by atoms with Crippen LogP contribution >= 0.6 is 11.3 Å². The molecule has 1 saturated heterocycles. The summed E-state index contributed by atoms with van der Waals surface area (Å²) in [7, 11) is 2.14. The van der Waals surface area contributed by atoms with E-state index in [-0.39, 0.29) is 0 Å². The van der Waals surface area contributed by atoms with Gasteiger partial charge in [0.2, 0.25) is 0 Å². The van der Waals surface area contributed by atoms with Crippen LogP contribution in [0.2, 0.25) is 0 Å². The minimum atomic E-state index is 0.673. The number of nitrogens with zero attached hydrogens (tertiary/aromatic N) is 3. The summed E-state index contributed by atoms with van der Waals surface area (Å²) in [5, 5.41) is 2.05. The van der Waals surface area contributed by atoms with Crippen LogP contribution in [-0.2, 0) is 11.3 Å². The first-order valence-corrected chi connectivity index (χ1v) is 7.80. The van der Waals surface area contributed by atoms with Gasteiger partial charge in [-0.2, -0.15) is 0 Å². The molecule has 5 heteroatoms. The number of rotatable bonds is 5. The smallest absolute Gasteiger partial charge is 0.169 e. The van der Waals surface area contributed by atoms with Gasteiger partial charge >= 0.3 is 0 Å². The third-order valence-electron chi connectivity index (χ3n) is 3.49. The zero-order chi connectivity index (χ0) is 13.8. The predicted octanol–water partition coefficient (Wildman–Crippen LogP) is 2.67. The molecule has 0 amide bonds. The monoisotopic (exact) mass is 289 g/mol. The van der Waals surface area contributed by atoms with Crippen LogP contribution < -0.4 is 0 Å². The van der Waals surface area contributed by atoms with E-state index in [0.29, 0.717) is 5.92 Å². The van der Waals surface area contributed by atoms with Crippen molar-refractivity contribution >= 4 is 11.3 Å². The Bertz CT molecular complexity index is 521. The molecule has 4 nitrogen and oxygen atoms in total. The zero-order valence-electron chi connectivity index (χ0n) is 11.7. The number of hydrogen-bond acceptors (Lipinski definition) is 5. The van der Waals surface area contributed by atoms with Gasteiger partial charge in [0.05, 0.1) is 11.5 Å². The van der Waals surface area contributed by atoms with Crippen LogP contribution in [0.5, 0.6) is 0 Å². The Hall–Kier alpha value is -1.30. The van der Waals surface area contributed by atoms with Crippen molar-refractivity contribution in [2.75, 3.05) is 26.8 Å². The molecule has 0 bridgehead atoms. The molecule has 0 unspecified atom stereocenters. The number of ether oxygens (including phenoxy) is 1. The van der Waals surface area contributed by atoms with E-state index in [1.54, 1.807) is 11.3 Å². The molecule has 20 heavy (non-hydrogen) atoms. The lowest BCUT2D eigenvalue weighted by molar-refractivity contribution is 0.173. The van der Waals surface area contributed by atoms with E-state index in [9.17, 15) is 0 Å². The van der Waals surface area contributed by atoms with Crippen molar-refractivity contribution in [3.63, 3.8) is 0 Å². The molecule has 0 radical (unpaired) electrons. The van der Waals surface area contributed by atoms with Crippen molar-refractivity contribution in [2.45, 2.75) is 13.0 Å². The summed E-state index contributed by atoms with van der Waals surface area (Å²) in [6, 6.07) is 4.07. The molecule has 3 rings (SSSR count). The second-order valence-electron chi connectivity index (χ2n) is 5.32. The summed E-state index contributed by atoms with van der Waals surface area (Å²) < 4.78 is 5.42. The summed E-state index contributed by atoms with van der Waals surface area (Å²) in [6.45, 7) is 3.78. The summed E-state index contributed by atoms with van der Waals surface area (Å²) in [6.07, 6.45) is 5.05. The Morgan fingerprint density at radius 1 is 1.40 bits per heavy atom. The predicted molar refractivity (Wildman–Crippen MR) is 80.6 cm³/mol. The van der Waals surface area contributed by atoms with Crippen molar-refractivity contribution in [2.24, 2.45) is 5.92 Å². The van der Waals surface area contributed by atoms with E-state index < -0.39 is 0 Å². The van der Waals surface area contributed by atoms with Gasteiger partial charge in [-0.3, -0.25) is 0 Å². The first kappa shape index (κ1) is 13.7. The average molecular weight is 289 g/mol. The van der Waals surface area contributed by atoms with Crippen molar-refractivity contribution in [3.8, 4) is 10.7 Å². The van der Waals surface area contributed by atoms with Crippen molar-refractivity contribution in [3.05, 3.63) is 35.5 Å². The van der Waals surface area contributed by atoms with Gasteiger partial charge in [0, 0.05) is 37.7 Å². The molecule has 0 saturated carbocycles. The highest BCUT2D eigenvalue weighted by Gasteiger charge is 2.17. The van der Waals surface area contributed by atoms with E-state index in [1.807, 2.05) is 29.9 Å². The van der Waals surface area contributed by atoms with Crippen molar-refractivity contribution < 1.29 is 4.74 Å². The molecular weight excluding hydrogens is 270 g/mol. The molecule has 0 aliphatic carbocycles. The fraction of sp³-hybridized carbons (Fsp3) is 0.467. The van der Waals surface area contributed by atoms with Crippen molar-refractivity contribution in [1.82, 2.24) is 14.9 Å². The Kier molecular flexibility index (Phi) is 4.40. The molecule has 1 aliphatic rings. The van der Waals surface area contributed by atoms with Crippen LogP contribution in [0.3, 0.4) is 0 Å². The third-order valence-corrected chi connectivity index (χ3v) is 4.36. The number of thiophene rings is 1. The molecule has 1 fully saturated rings. The summed E-state index contributed by atoms with van der Waals surface area (Å²) >= 11 is 1.67. The van der Waals surface area contributed by atoms with E-state index in [4.69, 9.17) is 4.74 Å². The SMILES string of the molecule is CN(Cc1cnc(-c2cccs2)nc1)C[C@@H]1CCOC1. The molecule has 0 N–H and O–H groups in total. The highest BCUT2D eigenvalue weighted by Crippen LogP contribution is 2.20. The Labute approximate surface area is 123 Å². The molecule has 1 aliphatic heterocycles. The molecule has 2 aromatic rings. The van der Waals surface area contributed by atoms with Gasteiger partial charge < -0.3 is 9.64 Å². The molecule has 1 atom stereocenters. The zero-order valence-corrected chi connectivity index (χ0v) is 12.5. The van der Waals surface area contributed by atoms with Crippen LogP contribution in [0.25, 0.3) is 10.7 Å². The standard InChI is InChI=1S/C15H19N3OS/c1-18(9-12-4-5-19-11-12)10-13-7-16-15(17-8-13)14-3-2-6-20-14/h2-3,6-8,12H,4-5,9-11H2,1H3/t12-/m0/s1. The van der Waals surface area contributed by atoms with Gasteiger partial charge in [0.15, 0.2) is 5.82 Å². The van der Waals surface area contributed by atoms with Crippen LogP contribution in [0.15, 0.2) is 29.9 Å². The fourth-order valence-corrected chi connectivity index (χ4v) is 3.19. The minimum Gasteiger partial charge on any atom is -0.381 e. The van der Waals surface area contributed by atoms with Gasteiger partial charge in [-0.25, -0.2) is 9.97 Å². The Morgan fingerprint density at radius 2 is 2.25 bits per heavy atom. The van der Waals surface area contributed by atoms with E-state index in [0.717, 1.165) is 42.6 Å². The Balaban J connectivity index is 1.57. The largest absolute Gasteiger partial charge is 0.381 e. The van der Waals surface area contributed by atoms with Crippen molar-refractivity contribution in [1.29, 1.82) is 0 Å². The topological polar surface area (TPSA) is 38.2 Å². The summed E-state index contributed by atoms with van der Waals surface area (Å²) in [5.74, 6) is 1.49. The maximum Gasteiger partial charge on any atom is 0.169 e. The quantitative estimate of drug-likeness (QED) is 0.848. The second kappa shape index (κ2) is 6.43. The maximum absolute atomic E-state index is 5.42. The normalized spacial score (nSPS) is 18.8. The molecule has 0 aromatic carbocycles. The van der Waals surface area contributed by atoms with Gasteiger partial charge in [0.25, 0.3) is 0 Å². The summed E-state index contributed by atoms with van der Waals surface area (Å²) in [4.78, 5) is 12.3. The van der Waals surface area contributed by atoms with E-state index in [1.165, 1.54) is 6.42 Å². The lowest BCUT2D eigenvalue weighted by Gasteiger charge is -2.19. The molecular formula is C15H19N3OS. The first-order chi connectivity index (χ1) is 9.81. The second-order valence-corrected chi connectivity index (χ2v) is 6.27. The minimum absolute atomic E-state index is 0.673. The lowest BCUT2D eigenvalue weighted by Crippen LogP contribution is -2.25. The van der Waals surface area contributed by atoms with Crippen LogP contribution in [-0.4, -0.2) is 41.7 Å². The van der Waals surface area contributed by atoms with Gasteiger partial charge in [-0.1, -0.05) is 6.07 Å². The summed E-state index contributed by atoms with van der Waals surface area (Å²) in [5.41, 5.74) is 1.16. The average Bonchev–Trinajstić information content (AvgIpc) is 3.12. The third kappa shape index (κ3) is 3.42. The van der Waals surface area contributed by atoms with Crippen LogP contribution in [0.1, 0.15) is 12.0 Å². The van der Waals surface area contributed by atoms with E-state index >= 15 is 0 Å². The van der Waals surface area contributed by atoms with Crippen LogP contribution in [0, 0.1) is 5.92 Å². The maximum atomic E-state index is 5.42. The Morgan fingerprint density at radius 3 is 2.90 bits per heavy atom. The van der Waals surface area contributed by atoms with Gasteiger partial charge in [-0.05, 0) is 30.8 Å². The first-order valence-electron chi connectivity index (χ1n) is 6.92. The van der Waals surface area contributed by atoms with Crippen LogP contribution in [0.4, 0.5) is 0 Å². The number of hydrogen-bond donors (Lipinski definition) is 0. The molecule has 2 aromatic heterocycles.